The number of hydrogen-bond acceptors (Lipinski definition) is 5. The van der Waals surface area contributed by atoms with Gasteiger partial charge in [0.05, 0.1) is 15.9 Å². The minimum absolute atomic E-state index is 0.256. The van der Waals surface area contributed by atoms with Crippen LogP contribution in [0.25, 0.3) is 10.9 Å². The highest BCUT2D eigenvalue weighted by Gasteiger charge is 2.16. The Labute approximate surface area is 158 Å². The molecule has 0 spiro atoms. The Morgan fingerprint density at radius 1 is 1.23 bits per heavy atom. The predicted octanol–water partition coefficient (Wildman–Crippen LogP) is 3.91. The molecule has 8 heteroatoms. The van der Waals surface area contributed by atoms with Crippen molar-refractivity contribution in [3.05, 3.63) is 68.7 Å². The molecule has 1 atom stereocenters. The maximum Gasteiger partial charge on any atom is 0.344 e. The third kappa shape index (κ3) is 4.15. The van der Waals surface area contributed by atoms with Crippen LogP contribution in [0, 0.1) is 0 Å². The second-order valence-corrected chi connectivity index (χ2v) is 6.31. The maximum absolute atomic E-state index is 12.1. The predicted molar refractivity (Wildman–Crippen MR) is 98.8 cm³/mol. The molecule has 0 aliphatic carbocycles. The second kappa shape index (κ2) is 7.76. The van der Waals surface area contributed by atoms with Gasteiger partial charge in [0.2, 0.25) is 0 Å². The summed E-state index contributed by atoms with van der Waals surface area (Å²) < 4.78 is 10.6. The molecular weight excluding hydrogens is 379 g/mol. The summed E-state index contributed by atoms with van der Waals surface area (Å²) in [4.78, 5) is 31.0. The molecule has 134 valence electrons. The summed E-state index contributed by atoms with van der Waals surface area (Å²) in [7, 11) is 0. The lowest BCUT2D eigenvalue weighted by Gasteiger charge is -2.14. The van der Waals surface area contributed by atoms with E-state index < -0.39 is 12.1 Å². The van der Waals surface area contributed by atoms with Gasteiger partial charge in [-0.1, -0.05) is 35.3 Å². The second-order valence-electron chi connectivity index (χ2n) is 5.46. The van der Waals surface area contributed by atoms with Crippen molar-refractivity contribution < 1.29 is 14.3 Å². The summed E-state index contributed by atoms with van der Waals surface area (Å²) in [5.41, 5.74) is 0.232. The molecule has 0 unspecified atom stereocenters. The van der Waals surface area contributed by atoms with E-state index in [1.165, 1.54) is 6.07 Å². The smallest absolute Gasteiger partial charge is 0.344 e. The van der Waals surface area contributed by atoms with Crippen LogP contribution in [0.4, 0.5) is 0 Å². The lowest BCUT2D eigenvalue weighted by molar-refractivity contribution is -0.151. The molecule has 0 radical (unpaired) electrons. The highest BCUT2D eigenvalue weighted by Crippen LogP contribution is 2.27. The number of benzene rings is 2. The van der Waals surface area contributed by atoms with Gasteiger partial charge in [-0.05, 0) is 37.3 Å². The molecule has 0 fully saturated rings. The standard InChI is InChI=1S/C18H14Cl2N2O4/c1-10(17-21-14-5-3-2-4-12(14)18(24)22-17)26-16(23)9-25-15-7-6-11(19)8-13(15)20/h2-8,10H,9H2,1H3,(H,21,22,24)/t10-/m1/s1. The fraction of sp³-hybridized carbons (Fsp3) is 0.167. The summed E-state index contributed by atoms with van der Waals surface area (Å²) in [5, 5.41) is 1.22. The zero-order valence-corrected chi connectivity index (χ0v) is 15.2. The van der Waals surface area contributed by atoms with Crippen LogP contribution in [0.3, 0.4) is 0 Å². The number of nitrogens with zero attached hydrogens (tertiary/aromatic N) is 1. The van der Waals surface area contributed by atoms with Crippen molar-refractivity contribution in [2.24, 2.45) is 0 Å². The molecule has 6 nitrogen and oxygen atoms in total. The van der Waals surface area contributed by atoms with Crippen LogP contribution in [0.1, 0.15) is 18.9 Å². The van der Waals surface area contributed by atoms with Gasteiger partial charge in [-0.25, -0.2) is 9.78 Å². The molecule has 2 aromatic carbocycles. The lowest BCUT2D eigenvalue weighted by Crippen LogP contribution is -2.20. The van der Waals surface area contributed by atoms with Crippen LogP contribution in [0.5, 0.6) is 5.75 Å². The van der Waals surface area contributed by atoms with Gasteiger partial charge < -0.3 is 14.5 Å². The van der Waals surface area contributed by atoms with Gasteiger partial charge in [0.1, 0.15) is 5.75 Å². The van der Waals surface area contributed by atoms with Crippen LogP contribution in [-0.4, -0.2) is 22.5 Å². The number of halogens is 2. The van der Waals surface area contributed by atoms with Crippen LogP contribution < -0.4 is 10.3 Å². The molecule has 0 amide bonds. The third-order valence-electron chi connectivity index (χ3n) is 3.56. The Hall–Kier alpha value is -2.57. The van der Waals surface area contributed by atoms with Crippen LogP contribution >= 0.6 is 23.2 Å². The monoisotopic (exact) mass is 392 g/mol. The van der Waals surface area contributed by atoms with Gasteiger partial charge in [-0.3, -0.25) is 4.79 Å². The summed E-state index contributed by atoms with van der Waals surface area (Å²) in [5.74, 6) is -0.0520. The number of carbonyl (C=O) groups excluding carboxylic acids is 1. The van der Waals surface area contributed by atoms with E-state index in [9.17, 15) is 9.59 Å². The molecule has 3 rings (SSSR count). The molecule has 0 saturated carbocycles. The summed E-state index contributed by atoms with van der Waals surface area (Å²) in [6, 6.07) is 11.6. The van der Waals surface area contributed by atoms with E-state index in [1.54, 1.807) is 43.3 Å². The number of hydrogen-bond donors (Lipinski definition) is 1. The highest BCUT2D eigenvalue weighted by atomic mass is 35.5. The highest BCUT2D eigenvalue weighted by molar-refractivity contribution is 6.35. The van der Waals surface area contributed by atoms with Gasteiger partial charge >= 0.3 is 5.97 Å². The largest absolute Gasteiger partial charge is 0.480 e. The van der Waals surface area contributed by atoms with E-state index in [4.69, 9.17) is 32.7 Å². The lowest BCUT2D eigenvalue weighted by atomic mass is 10.2. The first-order valence-corrected chi connectivity index (χ1v) is 8.46. The van der Waals surface area contributed by atoms with Crippen LogP contribution in [-0.2, 0) is 9.53 Å². The van der Waals surface area contributed by atoms with Crippen LogP contribution in [0.2, 0.25) is 10.0 Å². The molecule has 0 saturated heterocycles. The molecule has 1 heterocycles. The van der Waals surface area contributed by atoms with Crippen molar-refractivity contribution in [3.63, 3.8) is 0 Å². The maximum atomic E-state index is 12.1. The first-order valence-electron chi connectivity index (χ1n) is 7.70. The fourth-order valence-corrected chi connectivity index (χ4v) is 2.78. The molecule has 26 heavy (non-hydrogen) atoms. The Kier molecular flexibility index (Phi) is 5.44. The number of para-hydroxylation sites is 1. The number of aromatic nitrogens is 2. The van der Waals surface area contributed by atoms with Crippen molar-refractivity contribution in [1.29, 1.82) is 0 Å². The normalized spacial score (nSPS) is 12.0. The van der Waals surface area contributed by atoms with Gasteiger partial charge in [0, 0.05) is 5.02 Å². The molecule has 0 bridgehead atoms. The molecule has 3 aromatic rings. The van der Waals surface area contributed by atoms with E-state index in [1.807, 2.05) is 0 Å². The van der Waals surface area contributed by atoms with Crippen molar-refractivity contribution in [1.82, 2.24) is 9.97 Å². The number of aromatic amines is 1. The Bertz CT molecular complexity index is 1020. The molecule has 0 aliphatic rings. The van der Waals surface area contributed by atoms with Crippen molar-refractivity contribution in [2.45, 2.75) is 13.0 Å². The molecule has 0 aliphatic heterocycles. The number of rotatable bonds is 5. The first-order chi connectivity index (χ1) is 12.4. The third-order valence-corrected chi connectivity index (χ3v) is 4.09. The number of nitrogens with one attached hydrogen (secondary N) is 1. The number of ether oxygens (including phenoxy) is 2. The van der Waals surface area contributed by atoms with Gasteiger partial charge in [0.15, 0.2) is 18.5 Å². The minimum atomic E-state index is -0.746. The Morgan fingerprint density at radius 3 is 2.77 bits per heavy atom. The van der Waals surface area contributed by atoms with E-state index in [0.717, 1.165) is 0 Å². The van der Waals surface area contributed by atoms with E-state index in [2.05, 4.69) is 9.97 Å². The topological polar surface area (TPSA) is 81.3 Å². The molecule has 1 aromatic heterocycles. The van der Waals surface area contributed by atoms with Crippen molar-refractivity contribution >= 4 is 40.1 Å². The molecule has 1 N–H and O–H groups in total. The zero-order chi connectivity index (χ0) is 18.7. The van der Waals surface area contributed by atoms with Crippen molar-refractivity contribution in [3.8, 4) is 5.75 Å². The van der Waals surface area contributed by atoms with Crippen molar-refractivity contribution in [2.75, 3.05) is 6.61 Å². The van der Waals surface area contributed by atoms with E-state index in [-0.39, 0.29) is 18.0 Å². The quantitative estimate of drug-likeness (QED) is 0.665. The first kappa shape index (κ1) is 18.2. The van der Waals surface area contributed by atoms with Gasteiger partial charge in [-0.2, -0.15) is 0 Å². The van der Waals surface area contributed by atoms with Crippen LogP contribution in [0.15, 0.2) is 47.3 Å². The Balaban J connectivity index is 1.66. The average molecular weight is 393 g/mol. The Morgan fingerprint density at radius 2 is 2.00 bits per heavy atom. The van der Waals surface area contributed by atoms with E-state index in [0.29, 0.717) is 26.7 Å². The SMILES string of the molecule is C[C@@H](OC(=O)COc1ccc(Cl)cc1Cl)c1nc2ccccc2c(=O)[nH]1. The number of fused-ring (bicyclic) bond motifs is 1. The van der Waals surface area contributed by atoms with E-state index >= 15 is 0 Å². The summed E-state index contributed by atoms with van der Waals surface area (Å²) in [6.45, 7) is 1.27. The van der Waals surface area contributed by atoms with Gasteiger partial charge in [0.25, 0.3) is 5.56 Å². The number of H-pyrrole nitrogens is 1. The number of esters is 1. The van der Waals surface area contributed by atoms with Gasteiger partial charge in [-0.15, -0.1) is 0 Å². The minimum Gasteiger partial charge on any atom is -0.480 e. The summed E-state index contributed by atoms with van der Waals surface area (Å²) >= 11 is 11.8. The zero-order valence-electron chi connectivity index (χ0n) is 13.7. The fourth-order valence-electron chi connectivity index (χ4n) is 2.31. The average Bonchev–Trinajstić information content (AvgIpc) is 2.61. The summed E-state index contributed by atoms with van der Waals surface area (Å²) in [6.07, 6.45) is -0.746. The number of carbonyl (C=O) groups is 1. The molecular formula is C18H14Cl2N2O4.